The first kappa shape index (κ1) is 17.0. The largest absolute Gasteiger partial charge is 0.478 e. The Morgan fingerprint density at radius 1 is 1.27 bits per heavy atom. The SMILES string of the molecule is C=C(C(=O)O)[C@@H]1CC[C@@]2(C)C[C@@H](OC(C)=O)C[C@](C)(O)[C@@H]2C1. The van der Waals surface area contributed by atoms with E-state index in [4.69, 9.17) is 9.84 Å². The maximum atomic E-state index is 11.2. The summed E-state index contributed by atoms with van der Waals surface area (Å²) in [6.07, 6.45) is 3.04. The highest BCUT2D eigenvalue weighted by atomic mass is 16.5. The molecule has 0 spiro atoms. The molecule has 5 atom stereocenters. The lowest BCUT2D eigenvalue weighted by atomic mass is 9.52. The molecule has 2 N–H and O–H groups in total. The Labute approximate surface area is 131 Å². The first-order valence-electron chi connectivity index (χ1n) is 7.87. The molecule has 2 aliphatic rings. The number of carboxylic acids is 1. The molecule has 5 heteroatoms. The minimum atomic E-state index is -0.968. The van der Waals surface area contributed by atoms with Crippen molar-refractivity contribution >= 4 is 11.9 Å². The van der Waals surface area contributed by atoms with Gasteiger partial charge < -0.3 is 14.9 Å². The van der Waals surface area contributed by atoms with E-state index in [0.29, 0.717) is 12.8 Å². The smallest absolute Gasteiger partial charge is 0.331 e. The Morgan fingerprint density at radius 3 is 2.45 bits per heavy atom. The second-order valence-corrected chi connectivity index (χ2v) is 7.51. The van der Waals surface area contributed by atoms with Gasteiger partial charge in [-0.25, -0.2) is 4.79 Å². The molecule has 0 aliphatic heterocycles. The van der Waals surface area contributed by atoms with Crippen LogP contribution in [0.1, 0.15) is 52.9 Å². The molecule has 0 aromatic rings. The highest BCUT2D eigenvalue weighted by Crippen LogP contribution is 2.56. The van der Waals surface area contributed by atoms with Crippen LogP contribution in [0, 0.1) is 17.3 Å². The van der Waals surface area contributed by atoms with Gasteiger partial charge in [0.05, 0.1) is 5.60 Å². The van der Waals surface area contributed by atoms with Gasteiger partial charge in [-0.3, -0.25) is 4.79 Å². The summed E-state index contributed by atoms with van der Waals surface area (Å²) in [5, 5.41) is 20.0. The van der Waals surface area contributed by atoms with Crippen LogP contribution in [0.2, 0.25) is 0 Å². The lowest BCUT2D eigenvalue weighted by Crippen LogP contribution is -2.55. The fraction of sp³-hybridized carbons (Fsp3) is 0.765. The molecule has 0 saturated heterocycles. The summed E-state index contributed by atoms with van der Waals surface area (Å²) in [7, 11) is 0. The molecular formula is C17H26O5. The molecule has 0 aromatic heterocycles. The average molecular weight is 310 g/mol. The van der Waals surface area contributed by atoms with Crippen molar-refractivity contribution in [2.24, 2.45) is 17.3 Å². The van der Waals surface area contributed by atoms with Gasteiger partial charge in [0.1, 0.15) is 6.10 Å². The highest BCUT2D eigenvalue weighted by Gasteiger charge is 2.54. The van der Waals surface area contributed by atoms with Crippen LogP contribution >= 0.6 is 0 Å². The number of carbonyl (C=O) groups excluding carboxylic acids is 1. The quantitative estimate of drug-likeness (QED) is 0.618. The van der Waals surface area contributed by atoms with E-state index in [0.717, 1.165) is 19.3 Å². The number of aliphatic hydroxyl groups is 1. The van der Waals surface area contributed by atoms with Gasteiger partial charge in [-0.05, 0) is 49.9 Å². The summed E-state index contributed by atoms with van der Waals surface area (Å²) >= 11 is 0. The molecular weight excluding hydrogens is 284 g/mol. The minimum Gasteiger partial charge on any atom is -0.478 e. The molecule has 124 valence electrons. The number of hydrogen-bond acceptors (Lipinski definition) is 4. The van der Waals surface area contributed by atoms with Crippen molar-refractivity contribution in [3.8, 4) is 0 Å². The predicted molar refractivity (Wildman–Crippen MR) is 81.1 cm³/mol. The second kappa shape index (κ2) is 5.69. The molecule has 0 heterocycles. The van der Waals surface area contributed by atoms with Crippen LogP contribution in [0.5, 0.6) is 0 Å². The van der Waals surface area contributed by atoms with Crippen LogP contribution < -0.4 is 0 Å². The maximum absolute atomic E-state index is 11.2. The zero-order valence-corrected chi connectivity index (χ0v) is 13.6. The third kappa shape index (κ3) is 3.19. The number of rotatable bonds is 3. The van der Waals surface area contributed by atoms with Crippen molar-refractivity contribution in [2.45, 2.75) is 64.6 Å². The number of carbonyl (C=O) groups is 2. The first-order valence-corrected chi connectivity index (χ1v) is 7.87. The molecule has 0 unspecified atom stereocenters. The van der Waals surface area contributed by atoms with Gasteiger partial charge in [0, 0.05) is 18.9 Å². The Bertz CT molecular complexity index is 495. The summed E-state index contributed by atoms with van der Waals surface area (Å²) in [6, 6.07) is 0. The zero-order valence-electron chi connectivity index (χ0n) is 13.6. The average Bonchev–Trinajstić information content (AvgIpc) is 2.35. The molecule has 0 aromatic carbocycles. The lowest BCUT2D eigenvalue weighted by Gasteiger charge is -2.55. The molecule has 2 rings (SSSR count). The summed E-state index contributed by atoms with van der Waals surface area (Å²) in [5.74, 6) is -1.38. The van der Waals surface area contributed by atoms with Crippen molar-refractivity contribution in [3.05, 3.63) is 12.2 Å². The van der Waals surface area contributed by atoms with Gasteiger partial charge in [-0.1, -0.05) is 13.5 Å². The summed E-state index contributed by atoms with van der Waals surface area (Å²) in [6.45, 7) is 8.96. The van der Waals surface area contributed by atoms with Gasteiger partial charge >= 0.3 is 11.9 Å². The maximum Gasteiger partial charge on any atom is 0.331 e. The summed E-state index contributed by atoms with van der Waals surface area (Å²) in [5.41, 5.74) is -0.873. The van der Waals surface area contributed by atoms with Crippen molar-refractivity contribution in [1.82, 2.24) is 0 Å². The molecule has 22 heavy (non-hydrogen) atoms. The third-order valence-electron chi connectivity index (χ3n) is 5.61. The lowest BCUT2D eigenvalue weighted by molar-refractivity contribution is -0.179. The molecule has 2 saturated carbocycles. The van der Waals surface area contributed by atoms with Crippen molar-refractivity contribution in [3.63, 3.8) is 0 Å². The van der Waals surface area contributed by atoms with E-state index in [1.807, 2.05) is 0 Å². The van der Waals surface area contributed by atoms with Crippen LogP contribution in [0.25, 0.3) is 0 Å². The predicted octanol–water partition coefficient (Wildman–Crippen LogP) is 2.53. The second-order valence-electron chi connectivity index (χ2n) is 7.51. The summed E-state index contributed by atoms with van der Waals surface area (Å²) < 4.78 is 5.34. The Kier molecular flexibility index (Phi) is 4.39. The number of aliphatic carboxylic acids is 1. The minimum absolute atomic E-state index is 0.0124. The zero-order chi connectivity index (χ0) is 16.7. The van der Waals surface area contributed by atoms with Crippen LogP contribution in [0.4, 0.5) is 0 Å². The molecule has 0 bridgehead atoms. The van der Waals surface area contributed by atoms with Gasteiger partial charge in [-0.15, -0.1) is 0 Å². The highest BCUT2D eigenvalue weighted by molar-refractivity contribution is 5.86. The van der Waals surface area contributed by atoms with Crippen LogP contribution in [-0.4, -0.2) is 33.9 Å². The van der Waals surface area contributed by atoms with E-state index in [2.05, 4.69) is 13.5 Å². The molecule has 2 fully saturated rings. The van der Waals surface area contributed by atoms with Gasteiger partial charge in [0.2, 0.25) is 0 Å². The van der Waals surface area contributed by atoms with Crippen LogP contribution in [-0.2, 0) is 14.3 Å². The monoisotopic (exact) mass is 310 g/mol. The van der Waals surface area contributed by atoms with E-state index in [1.54, 1.807) is 6.92 Å². The van der Waals surface area contributed by atoms with Crippen molar-refractivity contribution in [2.75, 3.05) is 0 Å². The van der Waals surface area contributed by atoms with Gasteiger partial charge in [-0.2, -0.15) is 0 Å². The first-order chi connectivity index (χ1) is 10.0. The number of hydrogen-bond donors (Lipinski definition) is 2. The standard InChI is InChI=1S/C17H26O5/c1-10(15(19)20)12-5-6-16(3)8-13(22-11(2)18)9-17(4,21)14(16)7-12/h12-14,21H,1,5-9H2,2-4H3,(H,19,20)/t12-,13-,14-,16+,17+/m1/s1. The fourth-order valence-electron chi connectivity index (χ4n) is 4.62. The number of carboxylic acid groups (broad SMARTS) is 1. The Morgan fingerprint density at radius 2 is 1.91 bits per heavy atom. The fourth-order valence-corrected chi connectivity index (χ4v) is 4.62. The van der Waals surface area contributed by atoms with Crippen LogP contribution in [0.15, 0.2) is 12.2 Å². The van der Waals surface area contributed by atoms with E-state index in [9.17, 15) is 14.7 Å². The van der Waals surface area contributed by atoms with Crippen molar-refractivity contribution in [1.29, 1.82) is 0 Å². The third-order valence-corrected chi connectivity index (χ3v) is 5.61. The topological polar surface area (TPSA) is 83.8 Å². The molecule has 5 nitrogen and oxygen atoms in total. The Hall–Kier alpha value is -1.36. The summed E-state index contributed by atoms with van der Waals surface area (Å²) in [4.78, 5) is 22.4. The van der Waals surface area contributed by atoms with E-state index >= 15 is 0 Å². The van der Waals surface area contributed by atoms with E-state index in [-0.39, 0.29) is 34.9 Å². The van der Waals surface area contributed by atoms with Crippen molar-refractivity contribution < 1.29 is 24.5 Å². The molecule has 0 amide bonds. The van der Waals surface area contributed by atoms with Crippen LogP contribution in [0.3, 0.4) is 0 Å². The number of ether oxygens (including phenoxy) is 1. The van der Waals surface area contributed by atoms with E-state index < -0.39 is 11.6 Å². The molecule has 0 radical (unpaired) electrons. The number of fused-ring (bicyclic) bond motifs is 1. The van der Waals surface area contributed by atoms with Gasteiger partial charge in [0.15, 0.2) is 0 Å². The Balaban J connectivity index is 2.19. The number of esters is 1. The molecule has 2 aliphatic carbocycles. The van der Waals surface area contributed by atoms with E-state index in [1.165, 1.54) is 6.92 Å². The normalized spacial score (nSPS) is 41.4. The van der Waals surface area contributed by atoms with Gasteiger partial charge in [0.25, 0.3) is 0 Å².